The fraction of sp³-hybridized carbons (Fsp3) is 0.136. The van der Waals surface area contributed by atoms with Crippen LogP contribution in [0.1, 0.15) is 23.6 Å². The van der Waals surface area contributed by atoms with E-state index in [2.05, 4.69) is 37.3 Å². The van der Waals surface area contributed by atoms with Crippen LogP contribution >= 0.6 is 0 Å². The van der Waals surface area contributed by atoms with Gasteiger partial charge in [0.1, 0.15) is 12.4 Å². The van der Waals surface area contributed by atoms with Crippen molar-refractivity contribution < 1.29 is 14.6 Å². The van der Waals surface area contributed by atoms with Gasteiger partial charge in [-0.15, -0.1) is 0 Å². The summed E-state index contributed by atoms with van der Waals surface area (Å²) in [5.74, 6) is -0.0860. The molecule has 25 heavy (non-hydrogen) atoms. The summed E-state index contributed by atoms with van der Waals surface area (Å²) in [6, 6.07) is 20.6. The number of carbonyl (C=O) groups is 1. The van der Waals surface area contributed by atoms with E-state index in [9.17, 15) is 4.79 Å². The summed E-state index contributed by atoms with van der Waals surface area (Å²) in [6.45, 7) is 2.75. The summed E-state index contributed by atoms with van der Waals surface area (Å²) in [5, 5.41) is 11.3. The minimum absolute atomic E-state index is 0.258. The van der Waals surface area contributed by atoms with Crippen LogP contribution in [0.2, 0.25) is 0 Å². The van der Waals surface area contributed by atoms with E-state index in [4.69, 9.17) is 9.84 Å². The van der Waals surface area contributed by atoms with Gasteiger partial charge in [0.2, 0.25) is 0 Å². The molecule has 4 rings (SSSR count). The second-order valence-corrected chi connectivity index (χ2v) is 6.61. The maximum atomic E-state index is 10.8. The third-order valence-electron chi connectivity index (χ3n) is 4.92. The summed E-state index contributed by atoms with van der Waals surface area (Å²) >= 11 is 0. The number of ether oxygens (including phenoxy) is 1. The predicted molar refractivity (Wildman–Crippen MR) is 99.0 cm³/mol. The van der Waals surface area contributed by atoms with Crippen molar-refractivity contribution in [1.82, 2.24) is 0 Å². The van der Waals surface area contributed by atoms with Crippen molar-refractivity contribution in [2.75, 3.05) is 6.61 Å². The van der Waals surface area contributed by atoms with Crippen LogP contribution in [0, 0.1) is 0 Å². The van der Waals surface area contributed by atoms with Crippen molar-refractivity contribution in [3.8, 4) is 5.75 Å². The highest BCUT2D eigenvalue weighted by Crippen LogP contribution is 2.44. The van der Waals surface area contributed by atoms with E-state index in [-0.39, 0.29) is 5.41 Å². The second kappa shape index (κ2) is 5.78. The Labute approximate surface area is 146 Å². The van der Waals surface area contributed by atoms with Crippen LogP contribution in [0.15, 0.2) is 66.7 Å². The Balaban J connectivity index is 1.81. The zero-order valence-corrected chi connectivity index (χ0v) is 13.9. The van der Waals surface area contributed by atoms with Crippen LogP contribution in [-0.4, -0.2) is 17.7 Å². The van der Waals surface area contributed by atoms with Crippen LogP contribution in [-0.2, 0) is 10.2 Å². The maximum Gasteiger partial charge on any atom is 0.328 e. The molecule has 1 aliphatic heterocycles. The molecule has 0 radical (unpaired) electrons. The van der Waals surface area contributed by atoms with E-state index in [1.807, 2.05) is 30.3 Å². The third-order valence-corrected chi connectivity index (χ3v) is 4.92. The molecule has 0 spiro atoms. The molecule has 1 atom stereocenters. The lowest BCUT2D eigenvalue weighted by molar-refractivity contribution is -0.131. The fourth-order valence-corrected chi connectivity index (χ4v) is 3.45. The molecule has 0 aliphatic carbocycles. The first-order valence-corrected chi connectivity index (χ1v) is 8.24. The zero-order valence-electron chi connectivity index (χ0n) is 13.9. The van der Waals surface area contributed by atoms with Crippen molar-refractivity contribution in [3.63, 3.8) is 0 Å². The van der Waals surface area contributed by atoms with Gasteiger partial charge >= 0.3 is 5.97 Å². The molecule has 1 aliphatic rings. The van der Waals surface area contributed by atoms with E-state index in [1.54, 1.807) is 6.08 Å². The Kier molecular flexibility index (Phi) is 3.57. The van der Waals surface area contributed by atoms with Crippen LogP contribution < -0.4 is 4.74 Å². The average Bonchev–Trinajstić information content (AvgIpc) is 2.97. The van der Waals surface area contributed by atoms with Crippen molar-refractivity contribution in [1.29, 1.82) is 0 Å². The quantitative estimate of drug-likeness (QED) is 0.712. The maximum absolute atomic E-state index is 10.8. The smallest absolute Gasteiger partial charge is 0.328 e. The van der Waals surface area contributed by atoms with E-state index in [1.165, 1.54) is 16.3 Å². The van der Waals surface area contributed by atoms with Crippen LogP contribution in [0.4, 0.5) is 0 Å². The highest BCUT2D eigenvalue weighted by atomic mass is 16.5. The Morgan fingerprint density at radius 1 is 1.08 bits per heavy atom. The molecule has 1 heterocycles. The number of hydrogen-bond acceptors (Lipinski definition) is 2. The number of carboxylic acids is 1. The molecule has 3 nitrogen and oxygen atoms in total. The molecule has 124 valence electrons. The Bertz CT molecular complexity index is 1000. The van der Waals surface area contributed by atoms with Crippen LogP contribution in [0.3, 0.4) is 0 Å². The molecule has 0 aromatic heterocycles. The first kappa shape index (κ1) is 15.5. The predicted octanol–water partition coefficient (Wildman–Crippen LogP) is 4.64. The van der Waals surface area contributed by atoms with Crippen LogP contribution in [0.25, 0.3) is 16.8 Å². The molecular weight excluding hydrogens is 312 g/mol. The number of hydrogen-bond donors (Lipinski definition) is 1. The van der Waals surface area contributed by atoms with Gasteiger partial charge in [-0.25, -0.2) is 4.79 Å². The minimum Gasteiger partial charge on any atom is -0.492 e. The summed E-state index contributed by atoms with van der Waals surface area (Å²) in [5.41, 5.74) is 2.89. The number of aliphatic carboxylic acids is 1. The fourth-order valence-electron chi connectivity index (χ4n) is 3.45. The van der Waals surface area contributed by atoms with Gasteiger partial charge in [0.05, 0.1) is 5.41 Å². The molecule has 3 aromatic carbocycles. The van der Waals surface area contributed by atoms with Crippen molar-refractivity contribution in [2.24, 2.45) is 0 Å². The van der Waals surface area contributed by atoms with Gasteiger partial charge in [-0.05, 0) is 47.0 Å². The topological polar surface area (TPSA) is 46.5 Å². The van der Waals surface area contributed by atoms with Gasteiger partial charge in [-0.2, -0.15) is 0 Å². The van der Waals surface area contributed by atoms with Gasteiger partial charge < -0.3 is 9.84 Å². The first-order valence-electron chi connectivity index (χ1n) is 8.24. The monoisotopic (exact) mass is 330 g/mol. The van der Waals surface area contributed by atoms with Gasteiger partial charge in [-0.1, -0.05) is 48.5 Å². The van der Waals surface area contributed by atoms with E-state index in [0.717, 1.165) is 23.0 Å². The molecule has 0 fully saturated rings. The lowest BCUT2D eigenvalue weighted by atomic mass is 9.77. The average molecular weight is 330 g/mol. The first-order chi connectivity index (χ1) is 12.1. The molecule has 1 N–H and O–H groups in total. The highest BCUT2D eigenvalue weighted by Gasteiger charge is 2.38. The van der Waals surface area contributed by atoms with E-state index >= 15 is 0 Å². The molecule has 1 unspecified atom stereocenters. The number of benzene rings is 3. The standard InChI is InChI=1S/C22H18O3/c1-22(18-9-8-16-4-2-3-5-17(16)13-18)14-25-20-10-6-15(12-19(20)22)7-11-21(23)24/h2-13H,14H2,1H3,(H,23,24)/b11-7+. The molecule has 0 amide bonds. The van der Waals surface area contributed by atoms with Crippen molar-refractivity contribution in [2.45, 2.75) is 12.3 Å². The zero-order chi connectivity index (χ0) is 17.4. The number of fused-ring (bicyclic) bond motifs is 2. The Morgan fingerprint density at radius 2 is 1.88 bits per heavy atom. The lowest BCUT2D eigenvalue weighted by Gasteiger charge is -2.24. The molecular formula is C22H18O3. The Hall–Kier alpha value is -3.07. The van der Waals surface area contributed by atoms with E-state index < -0.39 is 5.97 Å². The molecule has 3 heteroatoms. The van der Waals surface area contributed by atoms with Gasteiger partial charge in [-0.3, -0.25) is 0 Å². The van der Waals surface area contributed by atoms with Gasteiger partial charge in [0, 0.05) is 11.6 Å². The SMILES string of the molecule is CC1(c2ccc3ccccc3c2)COc2ccc(/C=C/C(=O)O)cc21. The molecule has 0 saturated carbocycles. The lowest BCUT2D eigenvalue weighted by Crippen LogP contribution is -2.25. The minimum atomic E-state index is -0.950. The van der Waals surface area contributed by atoms with Gasteiger partial charge in [0.25, 0.3) is 0 Å². The summed E-state index contributed by atoms with van der Waals surface area (Å²) in [7, 11) is 0. The summed E-state index contributed by atoms with van der Waals surface area (Å²) < 4.78 is 5.92. The summed E-state index contributed by atoms with van der Waals surface area (Å²) in [6.07, 6.45) is 2.77. The van der Waals surface area contributed by atoms with E-state index in [0.29, 0.717) is 6.61 Å². The number of rotatable bonds is 3. The summed E-state index contributed by atoms with van der Waals surface area (Å²) in [4.78, 5) is 10.8. The molecule has 3 aromatic rings. The van der Waals surface area contributed by atoms with Crippen LogP contribution in [0.5, 0.6) is 5.75 Å². The highest BCUT2D eigenvalue weighted by molar-refractivity contribution is 5.85. The third kappa shape index (κ3) is 2.68. The Morgan fingerprint density at radius 3 is 2.68 bits per heavy atom. The normalized spacial score (nSPS) is 19.1. The number of carboxylic acid groups (broad SMARTS) is 1. The molecule has 0 bridgehead atoms. The largest absolute Gasteiger partial charge is 0.492 e. The molecule has 0 saturated heterocycles. The van der Waals surface area contributed by atoms with Gasteiger partial charge in [0.15, 0.2) is 0 Å². The van der Waals surface area contributed by atoms with Crippen molar-refractivity contribution in [3.05, 3.63) is 83.4 Å². The van der Waals surface area contributed by atoms with Crippen molar-refractivity contribution >= 4 is 22.8 Å². The second-order valence-electron chi connectivity index (χ2n) is 6.61.